The molecule has 1 rings (SSSR count). The van der Waals surface area contributed by atoms with E-state index in [0.29, 0.717) is 4.88 Å². The van der Waals surface area contributed by atoms with Crippen LogP contribution in [0.1, 0.15) is 33.5 Å². The zero-order chi connectivity index (χ0) is 13.0. The minimum Gasteiger partial charge on any atom is -0.477 e. The van der Waals surface area contributed by atoms with Crippen molar-refractivity contribution in [2.75, 3.05) is 13.6 Å². The summed E-state index contributed by atoms with van der Waals surface area (Å²) in [6.07, 6.45) is 0.432. The van der Waals surface area contributed by atoms with Crippen LogP contribution in [0.4, 0.5) is 0 Å². The first-order valence-corrected chi connectivity index (χ1v) is 6.41. The maximum Gasteiger partial charge on any atom is 0.345 e. The van der Waals surface area contributed by atoms with Crippen LogP contribution in [0, 0.1) is 6.92 Å². The van der Waals surface area contributed by atoms with Crippen molar-refractivity contribution < 1.29 is 15.0 Å². The molecule has 17 heavy (non-hydrogen) atoms. The van der Waals surface area contributed by atoms with Crippen LogP contribution in [0.5, 0.6) is 0 Å². The molecule has 0 fully saturated rings. The Bertz CT molecular complexity index is 387. The molecule has 0 saturated carbocycles. The van der Waals surface area contributed by atoms with Crippen LogP contribution in [0.2, 0.25) is 0 Å². The average molecular weight is 257 g/mol. The van der Waals surface area contributed by atoms with Gasteiger partial charge in [-0.1, -0.05) is 0 Å². The summed E-state index contributed by atoms with van der Waals surface area (Å²) in [5.74, 6) is -0.865. The molecule has 0 saturated heterocycles. The number of aryl methyl sites for hydroxylation is 1. The lowest BCUT2D eigenvalue weighted by molar-refractivity contribution is 0.0702. The molecule has 96 valence electrons. The van der Waals surface area contributed by atoms with Gasteiger partial charge >= 0.3 is 5.97 Å². The van der Waals surface area contributed by atoms with Crippen LogP contribution in [-0.2, 0) is 6.54 Å². The van der Waals surface area contributed by atoms with E-state index < -0.39 is 5.97 Å². The monoisotopic (exact) mass is 257 g/mol. The van der Waals surface area contributed by atoms with Gasteiger partial charge in [0.15, 0.2) is 0 Å². The standard InChI is InChI=1S/C12H19NO3S/c1-8(14)4-5-13(3)7-10-6-11(12(15)16)17-9(10)2/h6,8,14H,4-5,7H2,1-3H3,(H,15,16). The highest BCUT2D eigenvalue weighted by molar-refractivity contribution is 7.14. The highest BCUT2D eigenvalue weighted by Crippen LogP contribution is 2.22. The number of aliphatic hydroxyl groups is 1. The Balaban J connectivity index is 2.58. The van der Waals surface area contributed by atoms with Crippen LogP contribution in [0.15, 0.2) is 6.07 Å². The van der Waals surface area contributed by atoms with E-state index in [4.69, 9.17) is 5.11 Å². The van der Waals surface area contributed by atoms with Gasteiger partial charge in [0.2, 0.25) is 0 Å². The van der Waals surface area contributed by atoms with E-state index in [2.05, 4.69) is 4.90 Å². The lowest BCUT2D eigenvalue weighted by atomic mass is 10.2. The van der Waals surface area contributed by atoms with Crippen LogP contribution < -0.4 is 0 Å². The molecule has 0 spiro atoms. The van der Waals surface area contributed by atoms with Crippen molar-refractivity contribution in [1.82, 2.24) is 4.90 Å². The first kappa shape index (κ1) is 14.2. The van der Waals surface area contributed by atoms with Gasteiger partial charge < -0.3 is 15.1 Å². The summed E-state index contributed by atoms with van der Waals surface area (Å²) in [4.78, 5) is 14.4. The molecule has 2 N–H and O–H groups in total. The Morgan fingerprint density at radius 3 is 2.71 bits per heavy atom. The molecule has 0 aliphatic heterocycles. The van der Waals surface area contributed by atoms with Gasteiger partial charge in [0, 0.05) is 18.0 Å². The topological polar surface area (TPSA) is 60.8 Å². The summed E-state index contributed by atoms with van der Waals surface area (Å²) in [7, 11) is 1.97. The Labute approximate surface area is 106 Å². The van der Waals surface area contributed by atoms with Gasteiger partial charge in [-0.15, -0.1) is 11.3 Å². The Kier molecular flexibility index (Phi) is 5.11. The number of carboxylic acid groups (broad SMARTS) is 1. The van der Waals surface area contributed by atoms with E-state index in [1.54, 1.807) is 13.0 Å². The number of hydrogen-bond acceptors (Lipinski definition) is 4. The highest BCUT2D eigenvalue weighted by atomic mass is 32.1. The van der Waals surface area contributed by atoms with E-state index in [1.165, 1.54) is 11.3 Å². The summed E-state index contributed by atoms with van der Waals surface area (Å²) in [5, 5.41) is 18.1. The molecule has 5 heteroatoms. The molecule has 0 amide bonds. The molecule has 1 unspecified atom stereocenters. The van der Waals surface area contributed by atoms with E-state index in [1.807, 2.05) is 14.0 Å². The molecule has 4 nitrogen and oxygen atoms in total. The summed E-state index contributed by atoms with van der Waals surface area (Å²) >= 11 is 1.31. The number of thiophene rings is 1. The van der Waals surface area contributed by atoms with Gasteiger partial charge in [-0.2, -0.15) is 0 Å². The average Bonchev–Trinajstić information content (AvgIpc) is 2.58. The molecule has 0 radical (unpaired) electrons. The maximum atomic E-state index is 10.8. The normalized spacial score (nSPS) is 13.0. The third kappa shape index (κ3) is 4.46. The fourth-order valence-electron chi connectivity index (χ4n) is 1.56. The predicted octanol–water partition coefficient (Wildman–Crippen LogP) is 1.96. The van der Waals surface area contributed by atoms with E-state index in [-0.39, 0.29) is 6.10 Å². The molecule has 1 heterocycles. The number of aliphatic hydroxyl groups excluding tert-OH is 1. The molecule has 1 aromatic heterocycles. The van der Waals surface area contributed by atoms with Gasteiger partial charge in [0.1, 0.15) is 4.88 Å². The van der Waals surface area contributed by atoms with Crippen LogP contribution >= 0.6 is 11.3 Å². The fraction of sp³-hybridized carbons (Fsp3) is 0.583. The first-order valence-electron chi connectivity index (χ1n) is 5.59. The first-order chi connectivity index (χ1) is 7.90. The summed E-state index contributed by atoms with van der Waals surface area (Å²) in [6.45, 7) is 5.23. The second-order valence-corrected chi connectivity index (χ2v) is 5.63. The van der Waals surface area contributed by atoms with Crippen LogP contribution in [-0.4, -0.2) is 40.8 Å². The summed E-state index contributed by atoms with van der Waals surface area (Å²) in [6, 6.07) is 1.74. The fourth-order valence-corrected chi connectivity index (χ4v) is 2.43. The van der Waals surface area contributed by atoms with Gasteiger partial charge in [-0.05, 0) is 38.9 Å². The van der Waals surface area contributed by atoms with Crippen molar-refractivity contribution in [2.45, 2.75) is 32.9 Å². The summed E-state index contributed by atoms with van der Waals surface area (Å²) < 4.78 is 0. The molecule has 0 aliphatic rings. The lowest BCUT2D eigenvalue weighted by Gasteiger charge is -2.17. The SMILES string of the molecule is Cc1sc(C(=O)O)cc1CN(C)CCC(C)O. The third-order valence-corrected chi connectivity index (χ3v) is 3.68. The van der Waals surface area contributed by atoms with Crippen molar-refractivity contribution in [3.8, 4) is 0 Å². The van der Waals surface area contributed by atoms with Crippen molar-refractivity contribution in [2.24, 2.45) is 0 Å². The lowest BCUT2D eigenvalue weighted by Crippen LogP contribution is -2.22. The van der Waals surface area contributed by atoms with E-state index >= 15 is 0 Å². The van der Waals surface area contributed by atoms with E-state index in [9.17, 15) is 9.90 Å². The number of rotatable bonds is 6. The van der Waals surface area contributed by atoms with Crippen molar-refractivity contribution in [3.63, 3.8) is 0 Å². The van der Waals surface area contributed by atoms with Gasteiger partial charge in [0.25, 0.3) is 0 Å². The van der Waals surface area contributed by atoms with Crippen molar-refractivity contribution in [1.29, 1.82) is 0 Å². The van der Waals surface area contributed by atoms with E-state index in [0.717, 1.165) is 30.0 Å². The molecular formula is C12H19NO3S. The quantitative estimate of drug-likeness (QED) is 0.818. The molecule has 0 aliphatic carbocycles. The molecular weight excluding hydrogens is 238 g/mol. The second kappa shape index (κ2) is 6.14. The second-order valence-electron chi connectivity index (χ2n) is 4.37. The zero-order valence-corrected chi connectivity index (χ0v) is 11.3. The van der Waals surface area contributed by atoms with Gasteiger partial charge in [0.05, 0.1) is 6.10 Å². The van der Waals surface area contributed by atoms with Gasteiger partial charge in [-0.25, -0.2) is 4.79 Å². The van der Waals surface area contributed by atoms with Crippen molar-refractivity contribution >= 4 is 17.3 Å². The summed E-state index contributed by atoms with van der Waals surface area (Å²) in [5.41, 5.74) is 1.06. The number of carboxylic acids is 1. The minimum atomic E-state index is -0.865. The Morgan fingerprint density at radius 2 is 2.24 bits per heavy atom. The number of nitrogens with zero attached hydrogens (tertiary/aromatic N) is 1. The smallest absolute Gasteiger partial charge is 0.345 e. The molecule has 0 aromatic carbocycles. The largest absolute Gasteiger partial charge is 0.477 e. The Morgan fingerprint density at radius 1 is 1.59 bits per heavy atom. The number of aromatic carboxylic acids is 1. The molecule has 1 atom stereocenters. The zero-order valence-electron chi connectivity index (χ0n) is 10.4. The minimum absolute atomic E-state index is 0.296. The van der Waals surface area contributed by atoms with Crippen LogP contribution in [0.25, 0.3) is 0 Å². The van der Waals surface area contributed by atoms with Gasteiger partial charge in [-0.3, -0.25) is 0 Å². The van der Waals surface area contributed by atoms with Crippen molar-refractivity contribution in [3.05, 3.63) is 21.4 Å². The third-order valence-electron chi connectivity index (χ3n) is 2.60. The van der Waals surface area contributed by atoms with Crippen LogP contribution in [0.3, 0.4) is 0 Å². The Hall–Kier alpha value is -0.910. The number of hydrogen-bond donors (Lipinski definition) is 2. The molecule has 1 aromatic rings. The molecule has 0 bridgehead atoms. The predicted molar refractivity (Wildman–Crippen MR) is 68.6 cm³/mol. The highest BCUT2D eigenvalue weighted by Gasteiger charge is 2.12. The number of carbonyl (C=O) groups is 1. The maximum absolute atomic E-state index is 10.8.